The maximum absolute atomic E-state index is 12.1. The minimum absolute atomic E-state index is 0.661. The van der Waals surface area contributed by atoms with E-state index in [-0.39, 0.29) is 0 Å². The summed E-state index contributed by atoms with van der Waals surface area (Å²) in [4.78, 5) is 0. The maximum atomic E-state index is 12.1. The predicted octanol–water partition coefficient (Wildman–Crippen LogP) is 5.00. The van der Waals surface area contributed by atoms with Gasteiger partial charge < -0.3 is 5.21 Å². The molecule has 0 saturated heterocycles. The van der Waals surface area contributed by atoms with Gasteiger partial charge in [-0.3, -0.25) is 0 Å². The van der Waals surface area contributed by atoms with Gasteiger partial charge in [0.25, 0.3) is 0 Å². The highest BCUT2D eigenvalue weighted by molar-refractivity contribution is 5.76. The zero-order valence-electron chi connectivity index (χ0n) is 12.2. The SMILES string of the molecule is [O-][N+](=Cc1ccc(C2CCCCC2)cc1)c1ccccc1. The molecule has 0 aromatic heterocycles. The molecule has 1 fully saturated rings. The second-order valence-corrected chi connectivity index (χ2v) is 5.79. The van der Waals surface area contributed by atoms with Gasteiger partial charge in [-0.05, 0) is 36.5 Å². The van der Waals surface area contributed by atoms with Crippen LogP contribution < -0.4 is 0 Å². The van der Waals surface area contributed by atoms with E-state index in [2.05, 4.69) is 24.3 Å². The fraction of sp³-hybridized carbons (Fsp3) is 0.316. The van der Waals surface area contributed by atoms with Crippen molar-refractivity contribution in [1.82, 2.24) is 0 Å². The molecular weight excluding hydrogens is 258 g/mol. The summed E-state index contributed by atoms with van der Waals surface area (Å²) < 4.78 is 0.926. The van der Waals surface area contributed by atoms with Crippen LogP contribution >= 0.6 is 0 Å². The summed E-state index contributed by atoms with van der Waals surface area (Å²) >= 11 is 0. The summed E-state index contributed by atoms with van der Waals surface area (Å²) in [6.07, 6.45) is 8.33. The number of hydrogen-bond acceptors (Lipinski definition) is 1. The summed E-state index contributed by atoms with van der Waals surface area (Å²) in [6, 6.07) is 17.8. The largest absolute Gasteiger partial charge is 0.618 e. The van der Waals surface area contributed by atoms with Gasteiger partial charge in [0.15, 0.2) is 6.21 Å². The van der Waals surface area contributed by atoms with Gasteiger partial charge in [0.1, 0.15) is 0 Å². The summed E-state index contributed by atoms with van der Waals surface area (Å²) in [6.45, 7) is 0. The van der Waals surface area contributed by atoms with Gasteiger partial charge >= 0.3 is 0 Å². The molecule has 0 aliphatic heterocycles. The molecule has 0 radical (unpaired) electrons. The molecule has 2 heteroatoms. The first-order chi connectivity index (χ1) is 10.3. The molecule has 1 saturated carbocycles. The third-order valence-corrected chi connectivity index (χ3v) is 4.29. The second-order valence-electron chi connectivity index (χ2n) is 5.79. The van der Waals surface area contributed by atoms with E-state index in [0.29, 0.717) is 11.6 Å². The van der Waals surface area contributed by atoms with Crippen molar-refractivity contribution in [3.05, 3.63) is 70.9 Å². The molecule has 1 aliphatic rings. The topological polar surface area (TPSA) is 26.1 Å². The molecule has 0 N–H and O–H groups in total. The second kappa shape index (κ2) is 6.57. The normalized spacial score (nSPS) is 16.9. The Morgan fingerprint density at radius 2 is 1.52 bits per heavy atom. The Labute approximate surface area is 126 Å². The molecular formula is C19H21NO. The summed E-state index contributed by atoms with van der Waals surface area (Å²) in [5, 5.41) is 12.1. The molecule has 0 amide bonds. The third-order valence-electron chi connectivity index (χ3n) is 4.29. The fourth-order valence-corrected chi connectivity index (χ4v) is 3.08. The van der Waals surface area contributed by atoms with Crippen LogP contribution in [0.2, 0.25) is 0 Å². The highest BCUT2D eigenvalue weighted by Gasteiger charge is 2.15. The first-order valence-electron chi connectivity index (χ1n) is 7.79. The van der Waals surface area contributed by atoms with E-state index in [9.17, 15) is 5.21 Å². The summed E-state index contributed by atoms with van der Waals surface area (Å²) in [5.74, 6) is 0.713. The van der Waals surface area contributed by atoms with Crippen LogP contribution in [0.4, 0.5) is 5.69 Å². The molecule has 1 aliphatic carbocycles. The van der Waals surface area contributed by atoms with Gasteiger partial charge in [-0.1, -0.05) is 49.6 Å². The van der Waals surface area contributed by atoms with Crippen LogP contribution in [0.15, 0.2) is 54.6 Å². The Balaban J connectivity index is 1.75. The molecule has 3 rings (SSSR count). The van der Waals surface area contributed by atoms with E-state index >= 15 is 0 Å². The number of hydrogen-bond donors (Lipinski definition) is 0. The number of para-hydroxylation sites is 1. The highest BCUT2D eigenvalue weighted by Crippen LogP contribution is 2.32. The lowest BCUT2D eigenvalue weighted by atomic mass is 9.84. The first-order valence-corrected chi connectivity index (χ1v) is 7.79. The Morgan fingerprint density at radius 3 is 2.19 bits per heavy atom. The maximum Gasteiger partial charge on any atom is 0.216 e. The van der Waals surface area contributed by atoms with E-state index in [1.807, 2.05) is 30.3 Å². The fourth-order valence-electron chi connectivity index (χ4n) is 3.08. The minimum Gasteiger partial charge on any atom is -0.618 e. The molecule has 2 nitrogen and oxygen atoms in total. The van der Waals surface area contributed by atoms with Crippen molar-refractivity contribution < 1.29 is 4.74 Å². The quantitative estimate of drug-likeness (QED) is 0.336. The molecule has 0 atom stereocenters. The lowest BCUT2D eigenvalue weighted by molar-refractivity contribution is -0.354. The average molecular weight is 279 g/mol. The van der Waals surface area contributed by atoms with E-state index < -0.39 is 0 Å². The number of benzene rings is 2. The Bertz CT molecular complexity index is 595. The summed E-state index contributed by atoms with van der Waals surface area (Å²) in [7, 11) is 0. The van der Waals surface area contributed by atoms with Crippen LogP contribution in [0.5, 0.6) is 0 Å². The summed E-state index contributed by atoms with van der Waals surface area (Å²) in [5.41, 5.74) is 3.03. The highest BCUT2D eigenvalue weighted by atomic mass is 16.5. The van der Waals surface area contributed by atoms with Crippen LogP contribution in [0.3, 0.4) is 0 Å². The van der Waals surface area contributed by atoms with Gasteiger partial charge in [-0.25, -0.2) is 0 Å². The van der Waals surface area contributed by atoms with E-state index in [4.69, 9.17) is 0 Å². The Hall–Kier alpha value is -2.09. The van der Waals surface area contributed by atoms with Gasteiger partial charge in [-0.2, -0.15) is 4.74 Å². The molecule has 0 heterocycles. The average Bonchev–Trinajstić information content (AvgIpc) is 2.57. The van der Waals surface area contributed by atoms with Gasteiger partial charge in [0.2, 0.25) is 5.69 Å². The van der Waals surface area contributed by atoms with Crippen molar-refractivity contribution in [3.8, 4) is 0 Å². The monoisotopic (exact) mass is 279 g/mol. The van der Waals surface area contributed by atoms with Crippen LogP contribution in [0.25, 0.3) is 0 Å². The van der Waals surface area contributed by atoms with Crippen LogP contribution in [0.1, 0.15) is 49.1 Å². The first kappa shape index (κ1) is 13.9. The molecule has 0 bridgehead atoms. The van der Waals surface area contributed by atoms with Crippen molar-refractivity contribution >= 4 is 11.9 Å². The van der Waals surface area contributed by atoms with Crippen molar-refractivity contribution in [2.75, 3.05) is 0 Å². The lowest BCUT2D eigenvalue weighted by Crippen LogP contribution is -2.04. The Morgan fingerprint density at radius 1 is 0.857 bits per heavy atom. The lowest BCUT2D eigenvalue weighted by Gasteiger charge is -2.21. The Kier molecular flexibility index (Phi) is 4.34. The zero-order chi connectivity index (χ0) is 14.5. The molecule has 108 valence electrons. The molecule has 0 spiro atoms. The molecule has 0 unspecified atom stereocenters. The standard InChI is InChI=1S/C19H21NO/c21-20(19-9-5-2-6-10-19)15-16-11-13-18(14-12-16)17-7-3-1-4-8-17/h2,5-6,9-15,17H,1,3-4,7-8H2. The number of nitrogens with zero attached hydrogens (tertiary/aromatic N) is 1. The zero-order valence-corrected chi connectivity index (χ0v) is 12.2. The van der Waals surface area contributed by atoms with Crippen LogP contribution in [-0.4, -0.2) is 11.0 Å². The van der Waals surface area contributed by atoms with E-state index in [0.717, 1.165) is 10.3 Å². The molecule has 2 aromatic rings. The van der Waals surface area contributed by atoms with Gasteiger partial charge in [0.05, 0.1) is 0 Å². The van der Waals surface area contributed by atoms with Crippen LogP contribution in [0, 0.1) is 5.21 Å². The van der Waals surface area contributed by atoms with Crippen molar-refractivity contribution in [2.45, 2.75) is 38.0 Å². The molecule has 21 heavy (non-hydrogen) atoms. The van der Waals surface area contributed by atoms with E-state index in [1.165, 1.54) is 37.7 Å². The van der Waals surface area contributed by atoms with Crippen molar-refractivity contribution in [1.29, 1.82) is 0 Å². The van der Waals surface area contributed by atoms with Crippen molar-refractivity contribution in [3.63, 3.8) is 0 Å². The smallest absolute Gasteiger partial charge is 0.216 e. The van der Waals surface area contributed by atoms with Crippen molar-refractivity contribution in [2.24, 2.45) is 0 Å². The predicted molar refractivity (Wildman–Crippen MR) is 87.2 cm³/mol. The van der Waals surface area contributed by atoms with Gasteiger partial charge in [-0.15, -0.1) is 0 Å². The van der Waals surface area contributed by atoms with Crippen LogP contribution in [-0.2, 0) is 0 Å². The van der Waals surface area contributed by atoms with Gasteiger partial charge in [0, 0.05) is 17.7 Å². The molecule has 2 aromatic carbocycles. The number of rotatable bonds is 3. The third kappa shape index (κ3) is 3.52. The van der Waals surface area contributed by atoms with E-state index in [1.54, 1.807) is 6.21 Å². The minimum atomic E-state index is 0.661.